The number of Topliss-reactive ketones (excluding diaryl/α,β-unsaturated/α-hetero) is 1. The first-order chi connectivity index (χ1) is 10.8. The molecular formula is C16H13BrN2O3S. The van der Waals surface area contributed by atoms with Gasteiger partial charge < -0.3 is 14.5 Å². The van der Waals surface area contributed by atoms with E-state index in [1.165, 1.54) is 11.8 Å². The molecule has 3 aromatic rings. The number of para-hydroxylation sites is 2. The topological polar surface area (TPSA) is 64.2 Å². The van der Waals surface area contributed by atoms with E-state index in [-0.39, 0.29) is 29.6 Å². The summed E-state index contributed by atoms with van der Waals surface area (Å²) in [5.74, 6) is 1.66. The minimum atomic E-state index is 0. The molecule has 0 saturated carbocycles. The summed E-state index contributed by atoms with van der Waals surface area (Å²) in [7, 11) is 0. The zero-order chi connectivity index (χ0) is 14.9. The van der Waals surface area contributed by atoms with Crippen molar-refractivity contribution in [1.29, 1.82) is 0 Å². The number of aromatic nitrogens is 2. The molecule has 0 saturated heterocycles. The third-order valence-corrected chi connectivity index (χ3v) is 4.28. The quantitative estimate of drug-likeness (QED) is 0.539. The van der Waals surface area contributed by atoms with E-state index >= 15 is 0 Å². The van der Waals surface area contributed by atoms with Gasteiger partial charge in [-0.05, 0) is 30.3 Å². The normalized spacial score (nSPS) is 12.2. The maximum atomic E-state index is 12.3. The van der Waals surface area contributed by atoms with Crippen molar-refractivity contribution >= 4 is 45.6 Å². The van der Waals surface area contributed by atoms with Crippen LogP contribution < -0.4 is 9.47 Å². The van der Waals surface area contributed by atoms with Crippen molar-refractivity contribution < 1.29 is 14.3 Å². The van der Waals surface area contributed by atoms with E-state index in [4.69, 9.17) is 9.47 Å². The zero-order valence-corrected chi connectivity index (χ0v) is 14.5. The summed E-state index contributed by atoms with van der Waals surface area (Å²) in [5, 5.41) is 0.746. The molecule has 0 atom stereocenters. The van der Waals surface area contributed by atoms with Crippen molar-refractivity contribution in [3.8, 4) is 11.5 Å². The van der Waals surface area contributed by atoms with E-state index in [0.29, 0.717) is 22.8 Å². The lowest BCUT2D eigenvalue weighted by atomic mass is 10.1. The molecule has 1 N–H and O–H groups in total. The molecule has 0 bridgehead atoms. The third kappa shape index (κ3) is 3.20. The second-order valence-electron chi connectivity index (χ2n) is 4.84. The SMILES string of the molecule is Br.O=C(CSc1nc2ccccc2[nH]1)c1ccc2c(c1)OCO2. The molecule has 5 nitrogen and oxygen atoms in total. The zero-order valence-electron chi connectivity index (χ0n) is 11.9. The molecule has 7 heteroatoms. The summed E-state index contributed by atoms with van der Waals surface area (Å²) in [4.78, 5) is 19.9. The molecule has 118 valence electrons. The number of thioether (sulfide) groups is 1. The number of carbonyl (C=O) groups is 1. The van der Waals surface area contributed by atoms with Crippen LogP contribution in [0.2, 0.25) is 0 Å². The summed E-state index contributed by atoms with van der Waals surface area (Å²) in [6, 6.07) is 13.0. The Morgan fingerprint density at radius 1 is 1.17 bits per heavy atom. The molecule has 4 rings (SSSR count). The van der Waals surface area contributed by atoms with Gasteiger partial charge in [-0.1, -0.05) is 23.9 Å². The molecule has 0 spiro atoms. The number of ketones is 1. The van der Waals surface area contributed by atoms with E-state index in [1.54, 1.807) is 18.2 Å². The highest BCUT2D eigenvalue weighted by Gasteiger charge is 2.16. The molecule has 2 aromatic carbocycles. The van der Waals surface area contributed by atoms with Crippen molar-refractivity contribution in [2.24, 2.45) is 0 Å². The van der Waals surface area contributed by atoms with E-state index in [1.807, 2.05) is 24.3 Å². The van der Waals surface area contributed by atoms with Gasteiger partial charge in [-0.25, -0.2) is 4.98 Å². The number of hydrogen-bond acceptors (Lipinski definition) is 5. The lowest BCUT2D eigenvalue weighted by Gasteiger charge is -2.01. The van der Waals surface area contributed by atoms with Crippen LogP contribution >= 0.6 is 28.7 Å². The number of nitrogens with one attached hydrogen (secondary N) is 1. The van der Waals surface area contributed by atoms with Crippen molar-refractivity contribution in [3.63, 3.8) is 0 Å². The number of fused-ring (bicyclic) bond motifs is 2. The first kappa shape index (κ1) is 15.9. The predicted molar refractivity (Wildman–Crippen MR) is 94.0 cm³/mol. The number of imidazole rings is 1. The first-order valence-corrected chi connectivity index (χ1v) is 7.78. The van der Waals surface area contributed by atoms with Crippen molar-refractivity contribution in [2.75, 3.05) is 12.5 Å². The molecule has 0 unspecified atom stereocenters. The summed E-state index contributed by atoms with van der Waals surface area (Å²) in [6.07, 6.45) is 0. The predicted octanol–water partition coefficient (Wildman–Crippen LogP) is 3.84. The number of H-pyrrole nitrogens is 1. The lowest BCUT2D eigenvalue weighted by molar-refractivity contribution is 0.102. The summed E-state index contributed by atoms with van der Waals surface area (Å²) >= 11 is 1.39. The van der Waals surface area contributed by atoms with Gasteiger partial charge in [0.25, 0.3) is 0 Å². The Morgan fingerprint density at radius 3 is 2.87 bits per heavy atom. The Kier molecular flexibility index (Phi) is 4.58. The van der Waals surface area contributed by atoms with Gasteiger partial charge in [0.05, 0.1) is 16.8 Å². The van der Waals surface area contributed by atoms with E-state index in [9.17, 15) is 4.79 Å². The number of hydrogen-bond donors (Lipinski definition) is 1. The highest BCUT2D eigenvalue weighted by atomic mass is 79.9. The third-order valence-electron chi connectivity index (χ3n) is 3.40. The van der Waals surface area contributed by atoms with Crippen LogP contribution in [0.15, 0.2) is 47.6 Å². The minimum absolute atomic E-state index is 0. The van der Waals surface area contributed by atoms with Crippen LogP contribution in [0.25, 0.3) is 11.0 Å². The number of benzene rings is 2. The van der Waals surface area contributed by atoms with E-state index < -0.39 is 0 Å². The molecule has 2 heterocycles. The van der Waals surface area contributed by atoms with Gasteiger partial charge in [0.1, 0.15) is 0 Å². The largest absolute Gasteiger partial charge is 0.454 e. The van der Waals surface area contributed by atoms with Gasteiger partial charge in [-0.3, -0.25) is 4.79 Å². The smallest absolute Gasteiger partial charge is 0.231 e. The van der Waals surface area contributed by atoms with Crippen LogP contribution in [0, 0.1) is 0 Å². The van der Waals surface area contributed by atoms with Crippen LogP contribution in [0.4, 0.5) is 0 Å². The van der Waals surface area contributed by atoms with Crippen LogP contribution in [-0.2, 0) is 0 Å². The second-order valence-corrected chi connectivity index (χ2v) is 5.80. The van der Waals surface area contributed by atoms with Gasteiger partial charge in [0.15, 0.2) is 22.4 Å². The summed E-state index contributed by atoms with van der Waals surface area (Å²) in [5.41, 5.74) is 2.49. The van der Waals surface area contributed by atoms with E-state index in [2.05, 4.69) is 9.97 Å². The minimum Gasteiger partial charge on any atom is -0.454 e. The number of ether oxygens (including phenoxy) is 2. The first-order valence-electron chi connectivity index (χ1n) is 6.80. The standard InChI is InChI=1S/C16H12N2O3S.BrH/c19-13(10-5-6-14-15(7-10)21-9-20-14)8-22-16-17-11-3-1-2-4-12(11)18-16;/h1-7H,8-9H2,(H,17,18);1H. The number of aromatic amines is 1. The average Bonchev–Trinajstić information content (AvgIpc) is 3.17. The molecule has 0 aliphatic carbocycles. The fraction of sp³-hybridized carbons (Fsp3) is 0.125. The number of rotatable bonds is 4. The molecule has 0 amide bonds. The Labute approximate surface area is 147 Å². The van der Waals surface area contributed by atoms with Gasteiger partial charge in [-0.15, -0.1) is 17.0 Å². The van der Waals surface area contributed by atoms with Gasteiger partial charge in [0, 0.05) is 5.56 Å². The van der Waals surface area contributed by atoms with Crippen LogP contribution in [-0.4, -0.2) is 28.3 Å². The second kappa shape index (κ2) is 6.64. The average molecular weight is 393 g/mol. The van der Waals surface area contributed by atoms with Gasteiger partial charge in [-0.2, -0.15) is 0 Å². The molecular weight excluding hydrogens is 380 g/mol. The maximum Gasteiger partial charge on any atom is 0.231 e. The van der Waals surface area contributed by atoms with Crippen molar-refractivity contribution in [1.82, 2.24) is 9.97 Å². The Bertz CT molecular complexity index is 832. The van der Waals surface area contributed by atoms with Crippen LogP contribution in [0.5, 0.6) is 11.5 Å². The number of nitrogens with zero attached hydrogens (tertiary/aromatic N) is 1. The van der Waals surface area contributed by atoms with Crippen molar-refractivity contribution in [2.45, 2.75) is 5.16 Å². The molecule has 0 radical (unpaired) electrons. The fourth-order valence-corrected chi connectivity index (χ4v) is 3.06. The summed E-state index contributed by atoms with van der Waals surface area (Å²) < 4.78 is 10.5. The molecule has 1 aromatic heterocycles. The lowest BCUT2D eigenvalue weighted by Crippen LogP contribution is -2.02. The molecule has 1 aliphatic heterocycles. The molecule has 23 heavy (non-hydrogen) atoms. The highest BCUT2D eigenvalue weighted by molar-refractivity contribution is 8.93. The Balaban J connectivity index is 0.00000156. The Hall–Kier alpha value is -1.99. The van der Waals surface area contributed by atoms with Crippen molar-refractivity contribution in [3.05, 3.63) is 48.0 Å². The highest BCUT2D eigenvalue weighted by Crippen LogP contribution is 2.33. The maximum absolute atomic E-state index is 12.3. The number of halogens is 1. The summed E-state index contributed by atoms with van der Waals surface area (Å²) in [6.45, 7) is 0.209. The van der Waals surface area contributed by atoms with E-state index in [0.717, 1.165) is 16.2 Å². The fourth-order valence-electron chi connectivity index (χ4n) is 2.28. The monoisotopic (exact) mass is 392 g/mol. The number of carbonyl (C=O) groups excluding carboxylic acids is 1. The molecule has 0 fully saturated rings. The van der Waals surface area contributed by atoms with Crippen LogP contribution in [0.1, 0.15) is 10.4 Å². The molecule has 1 aliphatic rings. The van der Waals surface area contributed by atoms with Gasteiger partial charge >= 0.3 is 0 Å². The Morgan fingerprint density at radius 2 is 2.00 bits per heavy atom. The van der Waals surface area contributed by atoms with Crippen LogP contribution in [0.3, 0.4) is 0 Å². The van der Waals surface area contributed by atoms with Gasteiger partial charge in [0.2, 0.25) is 6.79 Å².